The van der Waals surface area contributed by atoms with Crippen molar-refractivity contribution in [2.75, 3.05) is 19.8 Å². The quantitative estimate of drug-likeness (QED) is 0.826. The van der Waals surface area contributed by atoms with Gasteiger partial charge in [-0.25, -0.2) is 0 Å². The number of ether oxygens (including phenoxy) is 1. The monoisotopic (exact) mass is 264 g/mol. The number of hydrogen-bond acceptors (Lipinski definition) is 4. The summed E-state index contributed by atoms with van der Waals surface area (Å²) in [6, 6.07) is 0.121. The molecule has 0 radical (unpaired) electrons. The van der Waals surface area contributed by atoms with Crippen molar-refractivity contribution >= 4 is 0 Å². The lowest BCUT2D eigenvalue weighted by atomic mass is 10.2. The molecule has 0 fully saturated rings. The Kier molecular flexibility index (Phi) is 3.86. The Labute approximate surface area is 102 Å². The molecule has 0 bridgehead atoms. The van der Waals surface area contributed by atoms with E-state index in [1.807, 2.05) is 11.5 Å². The number of aromatic nitrogens is 3. The van der Waals surface area contributed by atoms with Gasteiger partial charge >= 0.3 is 6.18 Å². The van der Waals surface area contributed by atoms with Gasteiger partial charge in [-0.15, -0.1) is 10.2 Å². The largest absolute Gasteiger partial charge is 0.411 e. The SMILES string of the molecule is CC1NCCn2c(CCOCC(F)(F)F)nnc21. The van der Waals surface area contributed by atoms with Gasteiger partial charge in [0.2, 0.25) is 0 Å². The molecule has 18 heavy (non-hydrogen) atoms. The van der Waals surface area contributed by atoms with Crippen molar-refractivity contribution in [2.45, 2.75) is 32.1 Å². The molecule has 1 unspecified atom stereocenters. The maximum atomic E-state index is 11.9. The summed E-state index contributed by atoms with van der Waals surface area (Å²) in [6.07, 6.45) is -3.93. The van der Waals surface area contributed by atoms with Crippen LogP contribution in [0.5, 0.6) is 0 Å². The van der Waals surface area contributed by atoms with E-state index >= 15 is 0 Å². The highest BCUT2D eigenvalue weighted by molar-refractivity contribution is 5.03. The van der Waals surface area contributed by atoms with E-state index in [1.165, 1.54) is 0 Å². The maximum Gasteiger partial charge on any atom is 0.411 e. The summed E-state index contributed by atoms with van der Waals surface area (Å²) >= 11 is 0. The van der Waals surface area contributed by atoms with Gasteiger partial charge in [-0.2, -0.15) is 13.2 Å². The van der Waals surface area contributed by atoms with Crippen LogP contribution in [0.2, 0.25) is 0 Å². The number of halogens is 3. The first-order chi connectivity index (χ1) is 8.47. The van der Waals surface area contributed by atoms with Crippen LogP contribution in [0.3, 0.4) is 0 Å². The smallest absolute Gasteiger partial charge is 0.372 e. The molecule has 0 amide bonds. The van der Waals surface area contributed by atoms with E-state index in [9.17, 15) is 13.2 Å². The van der Waals surface area contributed by atoms with Crippen molar-refractivity contribution in [1.29, 1.82) is 0 Å². The van der Waals surface area contributed by atoms with E-state index in [-0.39, 0.29) is 12.6 Å². The first-order valence-corrected chi connectivity index (χ1v) is 5.77. The summed E-state index contributed by atoms with van der Waals surface area (Å²) in [5, 5.41) is 11.3. The molecule has 2 rings (SSSR count). The lowest BCUT2D eigenvalue weighted by Gasteiger charge is -2.21. The Morgan fingerprint density at radius 2 is 2.22 bits per heavy atom. The average molecular weight is 264 g/mol. The van der Waals surface area contributed by atoms with Crippen molar-refractivity contribution in [3.8, 4) is 0 Å². The molecule has 1 aromatic rings. The number of fused-ring (bicyclic) bond motifs is 1. The van der Waals surface area contributed by atoms with Gasteiger partial charge in [0.05, 0.1) is 12.6 Å². The molecule has 0 spiro atoms. The van der Waals surface area contributed by atoms with Gasteiger partial charge in [0.15, 0.2) is 0 Å². The number of alkyl halides is 3. The predicted octanol–water partition coefficient (Wildman–Crippen LogP) is 1.06. The maximum absolute atomic E-state index is 11.9. The van der Waals surface area contributed by atoms with Crippen molar-refractivity contribution in [3.63, 3.8) is 0 Å². The van der Waals surface area contributed by atoms with Crippen LogP contribution in [0.1, 0.15) is 24.6 Å². The zero-order chi connectivity index (χ0) is 13.2. The van der Waals surface area contributed by atoms with Crippen molar-refractivity contribution in [1.82, 2.24) is 20.1 Å². The molecule has 8 heteroatoms. The van der Waals surface area contributed by atoms with Crippen LogP contribution >= 0.6 is 0 Å². The standard InChI is InChI=1S/C10H15F3N4O/c1-7-9-16-15-8(17(9)4-3-14-7)2-5-18-6-10(11,12)13/h7,14H,2-6H2,1H3. The molecule has 0 aliphatic carbocycles. The van der Waals surface area contributed by atoms with Crippen molar-refractivity contribution < 1.29 is 17.9 Å². The van der Waals surface area contributed by atoms with Gasteiger partial charge in [0.1, 0.15) is 18.3 Å². The Bertz CT molecular complexity index is 404. The highest BCUT2D eigenvalue weighted by atomic mass is 19.4. The van der Waals surface area contributed by atoms with Gasteiger partial charge < -0.3 is 14.6 Å². The van der Waals surface area contributed by atoms with Crippen LogP contribution < -0.4 is 5.32 Å². The van der Waals surface area contributed by atoms with Gasteiger partial charge in [-0.3, -0.25) is 0 Å². The molecule has 0 aromatic carbocycles. The molecule has 1 aromatic heterocycles. The second-order valence-corrected chi connectivity index (χ2v) is 4.22. The first-order valence-electron chi connectivity index (χ1n) is 5.77. The van der Waals surface area contributed by atoms with Gasteiger partial charge in [0.25, 0.3) is 0 Å². The minimum Gasteiger partial charge on any atom is -0.372 e. The second-order valence-electron chi connectivity index (χ2n) is 4.22. The third-order valence-corrected chi connectivity index (χ3v) is 2.76. The van der Waals surface area contributed by atoms with Crippen molar-refractivity contribution in [2.24, 2.45) is 0 Å². The fraction of sp³-hybridized carbons (Fsp3) is 0.800. The number of nitrogens with one attached hydrogen (secondary N) is 1. The second kappa shape index (κ2) is 5.23. The summed E-state index contributed by atoms with van der Waals surface area (Å²) in [5.74, 6) is 1.51. The lowest BCUT2D eigenvalue weighted by molar-refractivity contribution is -0.173. The minimum atomic E-state index is -4.28. The Morgan fingerprint density at radius 3 is 2.94 bits per heavy atom. The molecule has 2 heterocycles. The summed E-state index contributed by atoms with van der Waals surface area (Å²) in [4.78, 5) is 0. The topological polar surface area (TPSA) is 52.0 Å². The van der Waals surface area contributed by atoms with E-state index in [0.717, 1.165) is 18.9 Å². The predicted molar refractivity (Wildman–Crippen MR) is 57.0 cm³/mol. The molecule has 1 atom stereocenters. The number of rotatable bonds is 4. The summed E-state index contributed by atoms with van der Waals surface area (Å²) in [7, 11) is 0. The highest BCUT2D eigenvalue weighted by Crippen LogP contribution is 2.17. The first kappa shape index (κ1) is 13.3. The Balaban J connectivity index is 1.87. The van der Waals surface area contributed by atoms with E-state index in [4.69, 9.17) is 0 Å². The van der Waals surface area contributed by atoms with E-state index < -0.39 is 12.8 Å². The van der Waals surface area contributed by atoms with Crippen molar-refractivity contribution in [3.05, 3.63) is 11.6 Å². The third-order valence-electron chi connectivity index (χ3n) is 2.76. The van der Waals surface area contributed by atoms with Gasteiger partial charge in [-0.05, 0) is 6.92 Å². The van der Waals surface area contributed by atoms with Crippen LogP contribution in [-0.4, -0.2) is 40.7 Å². The van der Waals surface area contributed by atoms with E-state index in [2.05, 4.69) is 20.3 Å². The average Bonchev–Trinajstić information content (AvgIpc) is 2.68. The molecule has 0 saturated carbocycles. The van der Waals surface area contributed by atoms with Crippen LogP contribution in [0.15, 0.2) is 0 Å². The summed E-state index contributed by atoms with van der Waals surface area (Å²) < 4.78 is 42.1. The Hall–Kier alpha value is -1.15. The summed E-state index contributed by atoms with van der Waals surface area (Å²) in [6.45, 7) is 2.30. The fourth-order valence-corrected chi connectivity index (χ4v) is 1.93. The third kappa shape index (κ3) is 3.20. The molecule has 0 saturated heterocycles. The normalized spacial score (nSPS) is 19.9. The lowest BCUT2D eigenvalue weighted by Crippen LogP contribution is -2.32. The minimum absolute atomic E-state index is 0.000543. The molecule has 5 nitrogen and oxygen atoms in total. The molecule has 1 N–H and O–H groups in total. The number of nitrogens with zero attached hydrogens (tertiary/aromatic N) is 3. The molecule has 1 aliphatic rings. The van der Waals surface area contributed by atoms with Crippen LogP contribution in [-0.2, 0) is 17.7 Å². The fourth-order valence-electron chi connectivity index (χ4n) is 1.93. The highest BCUT2D eigenvalue weighted by Gasteiger charge is 2.27. The van der Waals surface area contributed by atoms with Gasteiger partial charge in [-0.1, -0.05) is 0 Å². The molecule has 1 aliphatic heterocycles. The van der Waals surface area contributed by atoms with E-state index in [1.54, 1.807) is 0 Å². The number of hydrogen-bond donors (Lipinski definition) is 1. The van der Waals surface area contributed by atoms with Crippen LogP contribution in [0.25, 0.3) is 0 Å². The zero-order valence-corrected chi connectivity index (χ0v) is 10.00. The zero-order valence-electron chi connectivity index (χ0n) is 10.00. The molecular formula is C10H15F3N4O. The van der Waals surface area contributed by atoms with E-state index in [0.29, 0.717) is 12.2 Å². The van der Waals surface area contributed by atoms with Crippen LogP contribution in [0.4, 0.5) is 13.2 Å². The molecular weight excluding hydrogens is 249 g/mol. The van der Waals surface area contributed by atoms with Crippen LogP contribution in [0, 0.1) is 0 Å². The summed E-state index contributed by atoms with van der Waals surface area (Å²) in [5.41, 5.74) is 0. The molecule has 102 valence electrons. The van der Waals surface area contributed by atoms with Gasteiger partial charge in [0, 0.05) is 19.5 Å². The Morgan fingerprint density at radius 1 is 1.44 bits per heavy atom.